The number of rotatable bonds is 1. The molecule has 0 aliphatic heterocycles. The van der Waals surface area contributed by atoms with Crippen LogP contribution in [0.1, 0.15) is 19.4 Å². The Morgan fingerprint density at radius 1 is 1.31 bits per heavy atom. The molecule has 13 heavy (non-hydrogen) atoms. The second-order valence-electron chi connectivity index (χ2n) is 2.11. The summed E-state index contributed by atoms with van der Waals surface area (Å²) in [6.07, 6.45) is 0. The molecular weight excluding hydrogens is 165 g/mol. The SMILES string of the molecule is CC.N#Cc1cccc(B(O)O)c1. The lowest BCUT2D eigenvalue weighted by Crippen LogP contribution is -2.29. The van der Waals surface area contributed by atoms with Gasteiger partial charge >= 0.3 is 7.12 Å². The standard InChI is InChI=1S/C7H6BNO2.C2H6/c9-5-6-2-1-3-7(4-6)8(10)11;1-2/h1-4,10-11H;1-2H3. The summed E-state index contributed by atoms with van der Waals surface area (Å²) in [5, 5.41) is 25.8. The summed E-state index contributed by atoms with van der Waals surface area (Å²) in [4.78, 5) is 0. The molecule has 0 atom stereocenters. The largest absolute Gasteiger partial charge is 0.488 e. The highest BCUT2D eigenvalue weighted by molar-refractivity contribution is 6.58. The first kappa shape index (κ1) is 11.7. The molecule has 4 heteroatoms. The number of benzene rings is 1. The molecule has 0 saturated carbocycles. The van der Waals surface area contributed by atoms with E-state index in [1.165, 1.54) is 6.07 Å². The molecule has 0 aliphatic rings. The van der Waals surface area contributed by atoms with Gasteiger partial charge in [0.15, 0.2) is 0 Å². The monoisotopic (exact) mass is 177 g/mol. The van der Waals surface area contributed by atoms with E-state index in [-0.39, 0.29) is 0 Å². The third-order valence-electron chi connectivity index (χ3n) is 1.31. The van der Waals surface area contributed by atoms with Gasteiger partial charge in [0.1, 0.15) is 0 Å². The summed E-state index contributed by atoms with van der Waals surface area (Å²) in [7, 11) is -1.50. The molecule has 2 N–H and O–H groups in total. The minimum absolute atomic E-state index is 0.337. The Balaban J connectivity index is 0.000000671. The third-order valence-corrected chi connectivity index (χ3v) is 1.31. The van der Waals surface area contributed by atoms with Gasteiger partial charge in [-0.25, -0.2) is 0 Å². The van der Waals surface area contributed by atoms with Crippen LogP contribution in [-0.2, 0) is 0 Å². The van der Waals surface area contributed by atoms with Gasteiger partial charge < -0.3 is 10.0 Å². The predicted octanol–water partition coefficient (Wildman–Crippen LogP) is 0.264. The van der Waals surface area contributed by atoms with Gasteiger partial charge in [-0.3, -0.25) is 0 Å². The lowest BCUT2D eigenvalue weighted by atomic mass is 9.80. The highest BCUT2D eigenvalue weighted by Gasteiger charge is 2.09. The van der Waals surface area contributed by atoms with Crippen molar-refractivity contribution in [3.05, 3.63) is 29.8 Å². The molecule has 0 fully saturated rings. The zero-order valence-electron chi connectivity index (χ0n) is 7.73. The summed E-state index contributed by atoms with van der Waals surface area (Å²) < 4.78 is 0. The second-order valence-corrected chi connectivity index (χ2v) is 2.11. The van der Waals surface area contributed by atoms with Crippen LogP contribution in [0.2, 0.25) is 0 Å². The van der Waals surface area contributed by atoms with Crippen LogP contribution in [0, 0.1) is 11.3 Å². The highest BCUT2D eigenvalue weighted by atomic mass is 16.4. The Kier molecular flexibility index (Phi) is 5.61. The molecule has 0 radical (unpaired) electrons. The average molecular weight is 177 g/mol. The van der Waals surface area contributed by atoms with Crippen LogP contribution in [0.3, 0.4) is 0 Å². The second kappa shape index (κ2) is 6.24. The molecule has 3 nitrogen and oxygen atoms in total. The van der Waals surface area contributed by atoms with E-state index in [0.29, 0.717) is 11.0 Å². The van der Waals surface area contributed by atoms with Crippen LogP contribution >= 0.6 is 0 Å². The van der Waals surface area contributed by atoms with Gasteiger partial charge in [0.05, 0.1) is 11.6 Å². The topological polar surface area (TPSA) is 64.2 Å². The van der Waals surface area contributed by atoms with Crippen LogP contribution in [0.4, 0.5) is 0 Å². The molecule has 1 aromatic rings. The summed E-state index contributed by atoms with van der Waals surface area (Å²) in [5.41, 5.74) is 0.764. The first-order valence-electron chi connectivity index (χ1n) is 4.10. The van der Waals surface area contributed by atoms with Gasteiger partial charge in [-0.2, -0.15) is 5.26 Å². The first-order chi connectivity index (χ1) is 6.24. The van der Waals surface area contributed by atoms with Crippen molar-refractivity contribution in [2.24, 2.45) is 0 Å². The first-order valence-corrected chi connectivity index (χ1v) is 4.10. The van der Waals surface area contributed by atoms with Gasteiger partial charge in [-0.15, -0.1) is 0 Å². The number of hydrogen-bond acceptors (Lipinski definition) is 3. The van der Waals surface area contributed by atoms with Crippen molar-refractivity contribution in [2.45, 2.75) is 13.8 Å². The van der Waals surface area contributed by atoms with Gasteiger partial charge in [0.25, 0.3) is 0 Å². The van der Waals surface area contributed by atoms with E-state index in [1.54, 1.807) is 18.2 Å². The molecule has 1 rings (SSSR count). The fraction of sp³-hybridized carbons (Fsp3) is 0.222. The zero-order chi connectivity index (χ0) is 10.3. The normalized spacial score (nSPS) is 7.92. The van der Waals surface area contributed by atoms with Crippen molar-refractivity contribution in [1.29, 1.82) is 5.26 Å². The molecule has 0 bridgehead atoms. The van der Waals surface area contributed by atoms with E-state index < -0.39 is 7.12 Å². The molecule has 0 saturated heterocycles. The number of nitrogens with zero attached hydrogens (tertiary/aromatic N) is 1. The van der Waals surface area contributed by atoms with Crippen LogP contribution in [0.5, 0.6) is 0 Å². The minimum Gasteiger partial charge on any atom is -0.423 e. The van der Waals surface area contributed by atoms with Crippen molar-refractivity contribution >= 4 is 12.6 Å². The van der Waals surface area contributed by atoms with Gasteiger partial charge in [-0.05, 0) is 17.6 Å². The number of hydrogen-bond donors (Lipinski definition) is 2. The Morgan fingerprint density at radius 2 is 1.92 bits per heavy atom. The fourth-order valence-electron chi connectivity index (χ4n) is 0.769. The Bertz CT molecular complexity index is 294. The van der Waals surface area contributed by atoms with Crippen LogP contribution in [0.25, 0.3) is 0 Å². The summed E-state index contributed by atoms with van der Waals surface area (Å²) in [6.45, 7) is 4.00. The molecule has 0 amide bonds. The molecule has 0 heterocycles. The van der Waals surface area contributed by atoms with Crippen LogP contribution < -0.4 is 5.46 Å². The quantitative estimate of drug-likeness (QED) is 0.605. The summed E-state index contributed by atoms with van der Waals surface area (Å²) in [5.74, 6) is 0. The molecule has 1 aromatic carbocycles. The van der Waals surface area contributed by atoms with E-state index in [4.69, 9.17) is 15.3 Å². The van der Waals surface area contributed by atoms with Crippen molar-refractivity contribution in [3.63, 3.8) is 0 Å². The van der Waals surface area contributed by atoms with Gasteiger partial charge in [-0.1, -0.05) is 26.0 Å². The smallest absolute Gasteiger partial charge is 0.423 e. The minimum atomic E-state index is -1.50. The van der Waals surface area contributed by atoms with Crippen LogP contribution in [-0.4, -0.2) is 17.2 Å². The van der Waals surface area contributed by atoms with E-state index >= 15 is 0 Å². The van der Waals surface area contributed by atoms with E-state index in [0.717, 1.165) is 0 Å². The van der Waals surface area contributed by atoms with Crippen molar-refractivity contribution in [1.82, 2.24) is 0 Å². The maximum atomic E-state index is 8.69. The van der Waals surface area contributed by atoms with Crippen LogP contribution in [0.15, 0.2) is 24.3 Å². The van der Waals surface area contributed by atoms with E-state index in [2.05, 4.69) is 0 Å². The fourth-order valence-corrected chi connectivity index (χ4v) is 0.769. The molecule has 0 aromatic heterocycles. The van der Waals surface area contributed by atoms with Gasteiger partial charge in [0.2, 0.25) is 0 Å². The molecule has 0 spiro atoms. The Labute approximate surface area is 78.4 Å². The molecular formula is C9H12BNO2. The van der Waals surface area contributed by atoms with E-state index in [1.807, 2.05) is 19.9 Å². The Morgan fingerprint density at radius 3 is 2.38 bits per heavy atom. The molecule has 0 aliphatic carbocycles. The van der Waals surface area contributed by atoms with Gasteiger partial charge in [0, 0.05) is 0 Å². The van der Waals surface area contributed by atoms with Crippen molar-refractivity contribution in [3.8, 4) is 6.07 Å². The summed E-state index contributed by atoms with van der Waals surface area (Å²) >= 11 is 0. The molecule has 68 valence electrons. The lowest BCUT2D eigenvalue weighted by Gasteiger charge is -1.97. The average Bonchev–Trinajstić information content (AvgIpc) is 2.21. The maximum absolute atomic E-state index is 8.69. The van der Waals surface area contributed by atoms with Crippen molar-refractivity contribution in [2.75, 3.05) is 0 Å². The number of nitriles is 1. The molecule has 0 unspecified atom stereocenters. The Hall–Kier alpha value is -1.31. The van der Waals surface area contributed by atoms with E-state index in [9.17, 15) is 0 Å². The maximum Gasteiger partial charge on any atom is 0.488 e. The van der Waals surface area contributed by atoms with Crippen molar-refractivity contribution < 1.29 is 10.0 Å². The zero-order valence-corrected chi connectivity index (χ0v) is 7.73. The predicted molar refractivity (Wildman–Crippen MR) is 52.3 cm³/mol. The lowest BCUT2D eigenvalue weighted by molar-refractivity contribution is 0.426. The third kappa shape index (κ3) is 3.74. The summed E-state index contributed by atoms with van der Waals surface area (Å²) in [6, 6.07) is 8.09. The highest BCUT2D eigenvalue weighted by Crippen LogP contribution is 1.93.